The van der Waals surface area contributed by atoms with E-state index in [1.165, 1.54) is 29.5 Å². The highest BCUT2D eigenvalue weighted by Gasteiger charge is 2.27. The van der Waals surface area contributed by atoms with Gasteiger partial charge in [0, 0.05) is 37.1 Å². The maximum atomic E-state index is 14.0. The number of hydrogen-bond donors (Lipinski definition) is 0. The van der Waals surface area contributed by atoms with Crippen LogP contribution in [0.4, 0.5) is 8.78 Å². The Hall–Kier alpha value is -2.84. The average Bonchev–Trinajstić information content (AvgIpc) is 3.23. The number of nitrogens with zero attached hydrogens (tertiary/aromatic N) is 3. The van der Waals surface area contributed by atoms with E-state index in [4.69, 9.17) is 11.6 Å². The van der Waals surface area contributed by atoms with Gasteiger partial charge in [-0.05, 0) is 30.3 Å². The molecule has 3 aromatic rings. The van der Waals surface area contributed by atoms with Crippen LogP contribution < -0.4 is 0 Å². The summed E-state index contributed by atoms with van der Waals surface area (Å²) in [5.74, 6) is -1.47. The van der Waals surface area contributed by atoms with Crippen LogP contribution in [0.2, 0.25) is 5.02 Å². The fourth-order valence-corrected chi connectivity index (χ4v) is 4.31. The number of amides is 2. The predicted octanol–water partition coefficient (Wildman–Crippen LogP) is 4.34. The minimum absolute atomic E-state index is 0.0571. The van der Waals surface area contributed by atoms with Crippen molar-refractivity contribution in [3.8, 4) is 10.6 Å². The van der Waals surface area contributed by atoms with Gasteiger partial charge in [-0.15, -0.1) is 11.3 Å². The molecule has 30 heavy (non-hydrogen) atoms. The van der Waals surface area contributed by atoms with Crippen LogP contribution in [0.1, 0.15) is 20.8 Å². The summed E-state index contributed by atoms with van der Waals surface area (Å²) in [4.78, 5) is 32.9. The van der Waals surface area contributed by atoms with Gasteiger partial charge in [-0.25, -0.2) is 13.8 Å². The highest BCUT2D eigenvalue weighted by atomic mass is 35.5. The van der Waals surface area contributed by atoms with Gasteiger partial charge in [0.15, 0.2) is 0 Å². The lowest BCUT2D eigenvalue weighted by Gasteiger charge is -2.34. The molecule has 0 atom stereocenters. The number of aromatic nitrogens is 1. The van der Waals surface area contributed by atoms with E-state index in [2.05, 4.69) is 4.98 Å². The Balaban J connectivity index is 1.41. The van der Waals surface area contributed by atoms with Crippen molar-refractivity contribution in [2.24, 2.45) is 0 Å². The molecule has 2 amide bonds. The van der Waals surface area contributed by atoms with E-state index in [1.54, 1.807) is 33.4 Å². The summed E-state index contributed by atoms with van der Waals surface area (Å²) in [5, 5.41) is 2.11. The number of benzene rings is 2. The van der Waals surface area contributed by atoms with Gasteiger partial charge < -0.3 is 9.80 Å². The summed E-state index contributed by atoms with van der Waals surface area (Å²) in [5.41, 5.74) is 0.833. The van der Waals surface area contributed by atoms with Crippen molar-refractivity contribution in [1.82, 2.24) is 14.8 Å². The second-order valence-corrected chi connectivity index (χ2v) is 7.99. The monoisotopic (exact) mass is 447 g/mol. The molecule has 0 unspecified atom stereocenters. The van der Waals surface area contributed by atoms with Crippen LogP contribution >= 0.6 is 22.9 Å². The van der Waals surface area contributed by atoms with E-state index in [-0.39, 0.29) is 28.1 Å². The molecule has 0 aliphatic carbocycles. The molecule has 1 saturated heterocycles. The van der Waals surface area contributed by atoms with Crippen LogP contribution in [0.25, 0.3) is 10.6 Å². The predicted molar refractivity (Wildman–Crippen MR) is 111 cm³/mol. The van der Waals surface area contributed by atoms with Gasteiger partial charge in [-0.1, -0.05) is 23.7 Å². The van der Waals surface area contributed by atoms with Gasteiger partial charge in [0.25, 0.3) is 11.8 Å². The van der Waals surface area contributed by atoms with E-state index in [1.807, 2.05) is 0 Å². The van der Waals surface area contributed by atoms with Crippen LogP contribution in [0, 0.1) is 11.6 Å². The summed E-state index contributed by atoms with van der Waals surface area (Å²) >= 11 is 7.19. The molecule has 1 aliphatic heterocycles. The third kappa shape index (κ3) is 4.06. The summed E-state index contributed by atoms with van der Waals surface area (Å²) in [6, 6.07) is 9.92. The summed E-state index contributed by atoms with van der Waals surface area (Å²) in [6.07, 6.45) is 0. The van der Waals surface area contributed by atoms with Crippen molar-refractivity contribution in [1.29, 1.82) is 0 Å². The van der Waals surface area contributed by atoms with Crippen molar-refractivity contribution in [2.75, 3.05) is 26.2 Å². The second-order valence-electron chi connectivity index (χ2n) is 6.73. The fourth-order valence-electron chi connectivity index (χ4n) is 3.24. The minimum Gasteiger partial charge on any atom is -0.335 e. The van der Waals surface area contributed by atoms with Gasteiger partial charge in [0.2, 0.25) is 0 Å². The maximum Gasteiger partial charge on any atom is 0.273 e. The topological polar surface area (TPSA) is 53.5 Å². The Bertz CT molecular complexity index is 1110. The third-order valence-electron chi connectivity index (χ3n) is 4.84. The number of carbonyl (C=O) groups is 2. The Labute approximate surface area is 180 Å². The first-order valence-corrected chi connectivity index (χ1v) is 10.4. The molecular formula is C21H16ClF2N3O2S. The van der Waals surface area contributed by atoms with Crippen molar-refractivity contribution in [2.45, 2.75) is 0 Å². The lowest BCUT2D eigenvalue weighted by molar-refractivity contribution is 0.0533. The lowest BCUT2D eigenvalue weighted by Crippen LogP contribution is -2.50. The zero-order valence-electron chi connectivity index (χ0n) is 15.6. The summed E-state index contributed by atoms with van der Waals surface area (Å²) in [7, 11) is 0. The zero-order valence-corrected chi connectivity index (χ0v) is 17.2. The molecule has 5 nitrogen and oxygen atoms in total. The molecule has 1 aromatic heterocycles. The number of halogens is 3. The van der Waals surface area contributed by atoms with E-state index in [0.717, 1.165) is 6.07 Å². The molecule has 0 saturated carbocycles. The Kier molecular flexibility index (Phi) is 5.78. The summed E-state index contributed by atoms with van der Waals surface area (Å²) in [6.45, 7) is 1.30. The molecular weight excluding hydrogens is 432 g/mol. The lowest BCUT2D eigenvalue weighted by atomic mass is 10.1. The van der Waals surface area contributed by atoms with Gasteiger partial charge in [-0.3, -0.25) is 9.59 Å². The van der Waals surface area contributed by atoms with E-state index in [0.29, 0.717) is 36.8 Å². The molecule has 0 bridgehead atoms. The molecule has 4 rings (SSSR count). The smallest absolute Gasteiger partial charge is 0.273 e. The van der Waals surface area contributed by atoms with Gasteiger partial charge in [0.05, 0.1) is 10.6 Å². The Morgan fingerprint density at radius 2 is 1.63 bits per heavy atom. The first kappa shape index (κ1) is 20.4. The van der Waals surface area contributed by atoms with Crippen molar-refractivity contribution >= 4 is 34.8 Å². The van der Waals surface area contributed by atoms with Crippen LogP contribution in [-0.2, 0) is 0 Å². The minimum atomic E-state index is -0.509. The number of hydrogen-bond acceptors (Lipinski definition) is 4. The molecule has 9 heteroatoms. The standard InChI is InChI=1S/C21H16ClF2N3O2S/c22-16-11-13(23)5-6-14(16)20(28)26-7-9-27(10-8-26)21(29)18-12-30-19(25-18)15-3-1-2-4-17(15)24/h1-6,11-12H,7-10H2. The number of rotatable bonds is 3. The van der Waals surface area contributed by atoms with Crippen molar-refractivity contribution in [3.63, 3.8) is 0 Å². The Morgan fingerprint density at radius 3 is 2.30 bits per heavy atom. The van der Waals surface area contributed by atoms with Crippen LogP contribution in [0.5, 0.6) is 0 Å². The van der Waals surface area contributed by atoms with Crippen molar-refractivity contribution in [3.05, 3.63) is 75.8 Å². The third-order valence-corrected chi connectivity index (χ3v) is 6.03. The SMILES string of the molecule is O=C(c1csc(-c2ccccc2F)n1)N1CCN(C(=O)c2ccc(F)cc2Cl)CC1. The molecule has 1 fully saturated rings. The van der Waals surface area contributed by atoms with E-state index >= 15 is 0 Å². The highest BCUT2D eigenvalue weighted by Crippen LogP contribution is 2.27. The molecule has 2 aromatic carbocycles. The number of carbonyl (C=O) groups excluding carboxylic acids is 2. The summed E-state index contributed by atoms with van der Waals surface area (Å²) < 4.78 is 27.2. The molecule has 0 spiro atoms. The van der Waals surface area contributed by atoms with Crippen LogP contribution in [0.3, 0.4) is 0 Å². The van der Waals surface area contributed by atoms with Gasteiger partial charge in [0.1, 0.15) is 22.3 Å². The molecule has 1 aliphatic rings. The normalized spacial score (nSPS) is 14.1. The van der Waals surface area contributed by atoms with Gasteiger partial charge >= 0.3 is 0 Å². The highest BCUT2D eigenvalue weighted by molar-refractivity contribution is 7.13. The second kappa shape index (κ2) is 8.49. The molecule has 154 valence electrons. The number of thiazole rings is 1. The van der Waals surface area contributed by atoms with E-state index in [9.17, 15) is 18.4 Å². The fraction of sp³-hybridized carbons (Fsp3) is 0.190. The van der Waals surface area contributed by atoms with E-state index < -0.39 is 11.6 Å². The molecule has 2 heterocycles. The first-order valence-electron chi connectivity index (χ1n) is 9.18. The molecule has 0 N–H and O–H groups in total. The molecule has 0 radical (unpaired) electrons. The van der Waals surface area contributed by atoms with Crippen molar-refractivity contribution < 1.29 is 18.4 Å². The van der Waals surface area contributed by atoms with Crippen LogP contribution in [-0.4, -0.2) is 52.8 Å². The average molecular weight is 448 g/mol. The quantitative estimate of drug-likeness (QED) is 0.600. The maximum absolute atomic E-state index is 14.0. The Morgan fingerprint density at radius 1 is 0.967 bits per heavy atom. The number of piperazine rings is 1. The zero-order chi connectivity index (χ0) is 21.3. The largest absolute Gasteiger partial charge is 0.335 e. The van der Waals surface area contributed by atoms with Gasteiger partial charge in [-0.2, -0.15) is 0 Å². The van der Waals surface area contributed by atoms with Crippen LogP contribution in [0.15, 0.2) is 47.8 Å². The first-order chi connectivity index (χ1) is 14.4.